The third kappa shape index (κ3) is 4.52. The molecule has 0 spiro atoms. The number of aromatic nitrogens is 3. The van der Waals surface area contributed by atoms with Crippen molar-refractivity contribution in [1.29, 1.82) is 0 Å². The minimum Gasteiger partial charge on any atom is -0.331 e. The number of carbonyl (C=O) groups excluding carboxylic acids is 1. The monoisotopic (exact) mass is 352 g/mol. The van der Waals surface area contributed by atoms with E-state index in [-0.39, 0.29) is 11.4 Å². The fourth-order valence-corrected chi connectivity index (χ4v) is 2.81. The Kier molecular flexibility index (Phi) is 5.88. The molecule has 3 N–H and O–H groups in total. The lowest BCUT2D eigenvalue weighted by Crippen LogP contribution is -2.29. The van der Waals surface area contributed by atoms with E-state index in [4.69, 9.17) is 0 Å². The molecule has 0 fully saturated rings. The predicted octanol–water partition coefficient (Wildman–Crippen LogP) is 0.918. The van der Waals surface area contributed by atoms with Gasteiger partial charge in [-0.25, -0.2) is 17.9 Å². The molecule has 0 radical (unpaired) electrons. The zero-order chi connectivity index (χ0) is 17.6. The SMILES string of the molecule is CCCn1cnnc1CNC(=O)Nc1cccc(S(=O)(=O)NC)c1. The van der Waals surface area contributed by atoms with Gasteiger partial charge in [-0.1, -0.05) is 13.0 Å². The van der Waals surface area contributed by atoms with E-state index in [2.05, 4.69) is 25.6 Å². The largest absolute Gasteiger partial charge is 0.331 e. The van der Waals surface area contributed by atoms with Gasteiger partial charge < -0.3 is 15.2 Å². The van der Waals surface area contributed by atoms with Crippen LogP contribution in [0.3, 0.4) is 0 Å². The second-order valence-corrected chi connectivity index (χ2v) is 6.87. The van der Waals surface area contributed by atoms with Gasteiger partial charge in [0.1, 0.15) is 6.33 Å². The van der Waals surface area contributed by atoms with Crippen molar-refractivity contribution >= 4 is 21.7 Å². The Bertz CT molecular complexity index is 802. The van der Waals surface area contributed by atoms with Crippen molar-refractivity contribution in [2.24, 2.45) is 0 Å². The van der Waals surface area contributed by atoms with Crippen LogP contribution in [0.1, 0.15) is 19.2 Å². The molecule has 0 unspecified atom stereocenters. The van der Waals surface area contributed by atoms with Crippen LogP contribution in [0.2, 0.25) is 0 Å². The van der Waals surface area contributed by atoms with Gasteiger partial charge in [0.05, 0.1) is 11.4 Å². The Hall–Kier alpha value is -2.46. The molecule has 0 aliphatic rings. The van der Waals surface area contributed by atoms with Crippen molar-refractivity contribution in [1.82, 2.24) is 24.8 Å². The Balaban J connectivity index is 1.98. The summed E-state index contributed by atoms with van der Waals surface area (Å²) in [6.07, 6.45) is 2.55. The van der Waals surface area contributed by atoms with Gasteiger partial charge in [-0.15, -0.1) is 10.2 Å². The van der Waals surface area contributed by atoms with Crippen LogP contribution in [-0.4, -0.2) is 36.3 Å². The lowest BCUT2D eigenvalue weighted by molar-refractivity contribution is 0.251. The molecule has 10 heteroatoms. The molecule has 24 heavy (non-hydrogen) atoms. The molecule has 2 rings (SSSR count). The molecule has 0 aliphatic carbocycles. The highest BCUT2D eigenvalue weighted by molar-refractivity contribution is 7.89. The molecule has 0 bridgehead atoms. The van der Waals surface area contributed by atoms with Crippen LogP contribution in [0.4, 0.5) is 10.5 Å². The highest BCUT2D eigenvalue weighted by Crippen LogP contribution is 2.14. The third-order valence-electron chi connectivity index (χ3n) is 3.24. The normalized spacial score (nSPS) is 11.2. The molecule has 0 saturated carbocycles. The summed E-state index contributed by atoms with van der Waals surface area (Å²) in [5.74, 6) is 0.651. The summed E-state index contributed by atoms with van der Waals surface area (Å²) >= 11 is 0. The smallest absolute Gasteiger partial charge is 0.319 e. The lowest BCUT2D eigenvalue weighted by Gasteiger charge is -2.09. The van der Waals surface area contributed by atoms with Gasteiger partial charge >= 0.3 is 6.03 Å². The van der Waals surface area contributed by atoms with Gasteiger partial charge in [0, 0.05) is 12.2 Å². The Morgan fingerprint density at radius 2 is 2.12 bits per heavy atom. The molecule has 0 saturated heterocycles. The summed E-state index contributed by atoms with van der Waals surface area (Å²) in [6, 6.07) is 5.53. The topological polar surface area (TPSA) is 118 Å². The van der Waals surface area contributed by atoms with E-state index in [9.17, 15) is 13.2 Å². The zero-order valence-corrected chi connectivity index (χ0v) is 14.3. The van der Waals surface area contributed by atoms with E-state index in [0.29, 0.717) is 11.5 Å². The number of benzene rings is 1. The molecule has 1 aromatic heterocycles. The first-order valence-corrected chi connectivity index (χ1v) is 8.89. The summed E-state index contributed by atoms with van der Waals surface area (Å²) in [4.78, 5) is 12.0. The van der Waals surface area contributed by atoms with Crippen molar-refractivity contribution in [2.75, 3.05) is 12.4 Å². The van der Waals surface area contributed by atoms with E-state index in [1.807, 2.05) is 11.5 Å². The Labute approximate surface area is 140 Å². The van der Waals surface area contributed by atoms with Crippen molar-refractivity contribution in [3.8, 4) is 0 Å². The van der Waals surface area contributed by atoms with E-state index < -0.39 is 16.1 Å². The minimum absolute atomic E-state index is 0.0745. The van der Waals surface area contributed by atoms with Crippen molar-refractivity contribution in [3.05, 3.63) is 36.4 Å². The number of carbonyl (C=O) groups is 1. The van der Waals surface area contributed by atoms with Crippen molar-refractivity contribution in [3.63, 3.8) is 0 Å². The van der Waals surface area contributed by atoms with Gasteiger partial charge in [-0.3, -0.25) is 0 Å². The molecular weight excluding hydrogens is 332 g/mol. The summed E-state index contributed by atoms with van der Waals surface area (Å²) in [6.45, 7) is 3.03. The fraction of sp³-hybridized carbons (Fsp3) is 0.357. The van der Waals surface area contributed by atoms with Crippen molar-refractivity contribution in [2.45, 2.75) is 31.3 Å². The Morgan fingerprint density at radius 3 is 2.83 bits per heavy atom. The number of hydrogen-bond donors (Lipinski definition) is 3. The number of hydrogen-bond acceptors (Lipinski definition) is 5. The lowest BCUT2D eigenvalue weighted by atomic mass is 10.3. The number of nitrogens with one attached hydrogen (secondary N) is 3. The molecule has 1 aromatic carbocycles. The molecule has 2 aromatic rings. The summed E-state index contributed by atoms with van der Waals surface area (Å²) in [5.41, 5.74) is 0.374. The first-order chi connectivity index (χ1) is 11.5. The van der Waals surface area contributed by atoms with E-state index in [0.717, 1.165) is 13.0 Å². The Morgan fingerprint density at radius 1 is 1.33 bits per heavy atom. The third-order valence-corrected chi connectivity index (χ3v) is 4.65. The standard InChI is InChI=1S/C14H20N6O3S/c1-3-7-20-10-17-19-13(20)9-16-14(21)18-11-5-4-6-12(8-11)24(22,23)15-2/h4-6,8,10,15H,3,7,9H2,1-2H3,(H2,16,18,21). The second-order valence-electron chi connectivity index (χ2n) is 4.98. The van der Waals surface area contributed by atoms with Gasteiger partial charge in [0.15, 0.2) is 5.82 Å². The molecule has 9 nitrogen and oxygen atoms in total. The van der Waals surface area contributed by atoms with Gasteiger partial charge in [-0.2, -0.15) is 0 Å². The molecule has 1 heterocycles. The highest BCUT2D eigenvalue weighted by Gasteiger charge is 2.12. The van der Waals surface area contributed by atoms with Gasteiger partial charge in [0.2, 0.25) is 10.0 Å². The quantitative estimate of drug-likeness (QED) is 0.685. The van der Waals surface area contributed by atoms with Crippen molar-refractivity contribution < 1.29 is 13.2 Å². The second kappa shape index (κ2) is 7.88. The average molecular weight is 352 g/mol. The van der Waals surface area contributed by atoms with Gasteiger partial charge in [0.25, 0.3) is 0 Å². The van der Waals surface area contributed by atoms with Crippen LogP contribution in [0.15, 0.2) is 35.5 Å². The van der Waals surface area contributed by atoms with Crippen LogP contribution in [-0.2, 0) is 23.1 Å². The average Bonchev–Trinajstić information content (AvgIpc) is 3.01. The maximum atomic E-state index is 12.0. The molecule has 0 atom stereocenters. The van der Waals surface area contributed by atoms with Crippen LogP contribution in [0, 0.1) is 0 Å². The van der Waals surface area contributed by atoms with Crippen LogP contribution < -0.4 is 15.4 Å². The molecular formula is C14H20N6O3S. The summed E-state index contributed by atoms with van der Waals surface area (Å²) < 4.78 is 27.6. The van der Waals surface area contributed by atoms with Crippen LogP contribution >= 0.6 is 0 Å². The first-order valence-electron chi connectivity index (χ1n) is 7.41. The van der Waals surface area contributed by atoms with Crippen LogP contribution in [0.25, 0.3) is 0 Å². The number of urea groups is 1. The molecule has 130 valence electrons. The van der Waals surface area contributed by atoms with E-state index in [1.165, 1.54) is 19.2 Å². The maximum Gasteiger partial charge on any atom is 0.319 e. The van der Waals surface area contributed by atoms with Crippen LogP contribution in [0.5, 0.6) is 0 Å². The number of anilines is 1. The number of nitrogens with zero attached hydrogens (tertiary/aromatic N) is 3. The molecule has 2 amide bonds. The highest BCUT2D eigenvalue weighted by atomic mass is 32.2. The van der Waals surface area contributed by atoms with Gasteiger partial charge in [-0.05, 0) is 31.7 Å². The zero-order valence-electron chi connectivity index (χ0n) is 13.5. The number of aryl methyl sites for hydroxylation is 1. The number of amides is 2. The molecule has 0 aliphatic heterocycles. The fourth-order valence-electron chi connectivity index (χ4n) is 2.04. The first kappa shape index (κ1) is 17.9. The predicted molar refractivity (Wildman–Crippen MR) is 88.9 cm³/mol. The minimum atomic E-state index is -3.56. The maximum absolute atomic E-state index is 12.0. The van der Waals surface area contributed by atoms with E-state index >= 15 is 0 Å². The summed E-state index contributed by atoms with van der Waals surface area (Å²) in [5, 5.41) is 13.0. The number of sulfonamides is 1. The summed E-state index contributed by atoms with van der Waals surface area (Å²) in [7, 11) is -2.23. The van der Waals surface area contributed by atoms with E-state index in [1.54, 1.807) is 18.5 Å². The number of rotatable bonds is 7.